The molecule has 0 aliphatic carbocycles. The fourth-order valence-electron chi connectivity index (χ4n) is 2.04. The van der Waals surface area contributed by atoms with Gasteiger partial charge in [0.1, 0.15) is 0 Å². The van der Waals surface area contributed by atoms with E-state index in [1.54, 1.807) is 37.3 Å². The predicted octanol–water partition coefficient (Wildman–Crippen LogP) is 3.48. The summed E-state index contributed by atoms with van der Waals surface area (Å²) in [5.74, 6) is 1.53. The molecule has 114 valence electrons. The molecule has 0 atom stereocenters. The highest BCUT2D eigenvalue weighted by molar-refractivity contribution is 7.98. The topological polar surface area (TPSA) is 43.4 Å². The summed E-state index contributed by atoms with van der Waals surface area (Å²) in [6.07, 6.45) is 2.07. The fraction of sp³-hybridized carbons (Fsp3) is 0.400. The summed E-state index contributed by atoms with van der Waals surface area (Å²) >= 11 is 3.39. The minimum Gasteiger partial charge on any atom is -0.493 e. The van der Waals surface area contributed by atoms with Gasteiger partial charge in [-0.2, -0.15) is 0 Å². The van der Waals surface area contributed by atoms with Crippen LogP contribution in [0.15, 0.2) is 22.5 Å². The van der Waals surface area contributed by atoms with Crippen LogP contribution in [0.2, 0.25) is 0 Å². The minimum absolute atomic E-state index is 0.765. The van der Waals surface area contributed by atoms with Crippen LogP contribution in [0.3, 0.4) is 0 Å². The molecule has 1 N–H and O–H groups in total. The highest BCUT2D eigenvalue weighted by atomic mass is 32.2. The number of nitrogens with one attached hydrogen (secondary N) is 1. The number of benzene rings is 1. The molecule has 0 unspecified atom stereocenters. The molecule has 0 aliphatic rings. The van der Waals surface area contributed by atoms with E-state index in [-0.39, 0.29) is 0 Å². The molecule has 6 heteroatoms. The van der Waals surface area contributed by atoms with Gasteiger partial charge < -0.3 is 14.8 Å². The summed E-state index contributed by atoms with van der Waals surface area (Å²) in [4.78, 5) is 6.74. The monoisotopic (exact) mass is 324 g/mol. The quantitative estimate of drug-likeness (QED) is 0.790. The van der Waals surface area contributed by atoms with E-state index in [2.05, 4.69) is 16.6 Å². The van der Waals surface area contributed by atoms with Gasteiger partial charge >= 0.3 is 0 Å². The zero-order valence-electron chi connectivity index (χ0n) is 12.7. The van der Waals surface area contributed by atoms with Gasteiger partial charge in [-0.05, 0) is 30.9 Å². The molecule has 1 heterocycles. The second kappa shape index (κ2) is 7.68. The summed E-state index contributed by atoms with van der Waals surface area (Å²) in [6.45, 7) is 3.66. The van der Waals surface area contributed by atoms with E-state index < -0.39 is 0 Å². The van der Waals surface area contributed by atoms with Gasteiger partial charge in [0.25, 0.3) is 0 Å². The highest BCUT2D eigenvalue weighted by Gasteiger charge is 2.11. The molecule has 0 aliphatic heterocycles. The van der Waals surface area contributed by atoms with Crippen LogP contribution in [0.5, 0.6) is 11.5 Å². The molecule has 2 rings (SSSR count). The Hall–Kier alpha value is -1.24. The average molecular weight is 324 g/mol. The second-order valence-corrected chi connectivity index (χ2v) is 6.27. The second-order valence-electron chi connectivity index (χ2n) is 4.48. The van der Waals surface area contributed by atoms with Crippen LogP contribution in [0.1, 0.15) is 16.1 Å². The van der Waals surface area contributed by atoms with Crippen LogP contribution in [0.25, 0.3) is 0 Å². The third kappa shape index (κ3) is 3.90. The van der Waals surface area contributed by atoms with Crippen molar-refractivity contribution in [2.75, 3.05) is 20.5 Å². The maximum atomic E-state index is 5.38. The lowest BCUT2D eigenvalue weighted by molar-refractivity contribution is 0.353. The SMILES string of the molecule is COc1cc(CNCc2scnc2C)c(SC)cc1OC. The first kappa shape index (κ1) is 16.1. The van der Waals surface area contributed by atoms with Crippen molar-refractivity contribution in [2.45, 2.75) is 24.9 Å². The molecule has 2 aromatic rings. The molecule has 0 amide bonds. The Morgan fingerprint density at radius 1 is 1.19 bits per heavy atom. The summed E-state index contributed by atoms with van der Waals surface area (Å²) in [5.41, 5.74) is 4.20. The number of methoxy groups -OCH3 is 2. The summed E-state index contributed by atoms with van der Waals surface area (Å²) < 4.78 is 10.7. The molecular formula is C15H20N2O2S2. The fourth-order valence-corrected chi connectivity index (χ4v) is 3.40. The van der Waals surface area contributed by atoms with Crippen molar-refractivity contribution in [3.05, 3.63) is 33.8 Å². The van der Waals surface area contributed by atoms with Crippen LogP contribution in [0, 0.1) is 6.92 Å². The van der Waals surface area contributed by atoms with Gasteiger partial charge in [0.2, 0.25) is 0 Å². The van der Waals surface area contributed by atoms with Crippen LogP contribution in [-0.2, 0) is 13.1 Å². The number of nitrogens with zero attached hydrogens (tertiary/aromatic N) is 1. The van der Waals surface area contributed by atoms with Gasteiger partial charge in [-0.15, -0.1) is 23.1 Å². The van der Waals surface area contributed by atoms with Crippen molar-refractivity contribution in [3.63, 3.8) is 0 Å². The van der Waals surface area contributed by atoms with Crippen LogP contribution in [0.4, 0.5) is 0 Å². The van der Waals surface area contributed by atoms with Crippen LogP contribution >= 0.6 is 23.1 Å². The van der Waals surface area contributed by atoms with E-state index in [0.717, 1.165) is 30.3 Å². The Balaban J connectivity index is 2.09. The first-order chi connectivity index (χ1) is 10.2. The number of aromatic nitrogens is 1. The number of hydrogen-bond donors (Lipinski definition) is 1. The maximum Gasteiger partial charge on any atom is 0.161 e. The Kier molecular flexibility index (Phi) is 5.90. The summed E-state index contributed by atoms with van der Waals surface area (Å²) in [7, 11) is 3.32. The molecule has 0 bridgehead atoms. The third-order valence-electron chi connectivity index (χ3n) is 3.23. The maximum absolute atomic E-state index is 5.38. The van der Waals surface area contributed by atoms with E-state index in [4.69, 9.17) is 9.47 Å². The van der Waals surface area contributed by atoms with E-state index in [1.165, 1.54) is 15.3 Å². The summed E-state index contributed by atoms with van der Waals surface area (Å²) in [6, 6.07) is 4.07. The highest BCUT2D eigenvalue weighted by Crippen LogP contribution is 2.34. The molecule has 0 fully saturated rings. The van der Waals surface area contributed by atoms with Crippen molar-refractivity contribution in [3.8, 4) is 11.5 Å². The number of thioether (sulfide) groups is 1. The van der Waals surface area contributed by atoms with E-state index in [0.29, 0.717) is 0 Å². The van der Waals surface area contributed by atoms with Gasteiger partial charge in [0.05, 0.1) is 25.4 Å². The Labute approximate surface area is 133 Å². The first-order valence-corrected chi connectivity index (χ1v) is 8.68. The van der Waals surface area contributed by atoms with Crippen molar-refractivity contribution >= 4 is 23.1 Å². The third-order valence-corrected chi connectivity index (χ3v) is 4.99. The Bertz CT molecular complexity index is 599. The van der Waals surface area contributed by atoms with Crippen molar-refractivity contribution < 1.29 is 9.47 Å². The number of rotatable bonds is 7. The largest absolute Gasteiger partial charge is 0.493 e. The molecule has 0 radical (unpaired) electrons. The normalized spacial score (nSPS) is 10.7. The van der Waals surface area contributed by atoms with Gasteiger partial charge in [0.15, 0.2) is 11.5 Å². The van der Waals surface area contributed by atoms with Crippen molar-refractivity contribution in [1.29, 1.82) is 0 Å². The minimum atomic E-state index is 0.765. The average Bonchev–Trinajstić information content (AvgIpc) is 2.92. The number of aryl methyl sites for hydroxylation is 1. The predicted molar refractivity (Wildman–Crippen MR) is 88.7 cm³/mol. The van der Waals surface area contributed by atoms with Crippen molar-refractivity contribution in [1.82, 2.24) is 10.3 Å². The number of thiazole rings is 1. The lowest BCUT2D eigenvalue weighted by Crippen LogP contribution is -2.13. The zero-order valence-corrected chi connectivity index (χ0v) is 14.4. The molecule has 4 nitrogen and oxygen atoms in total. The zero-order chi connectivity index (χ0) is 15.2. The molecular weight excluding hydrogens is 304 g/mol. The molecule has 0 saturated heterocycles. The molecule has 0 spiro atoms. The van der Waals surface area contributed by atoms with E-state index >= 15 is 0 Å². The first-order valence-electron chi connectivity index (χ1n) is 6.58. The standard InChI is InChI=1S/C15H20N2O2S2/c1-10-15(21-9-17-10)8-16-7-11-5-12(18-2)13(19-3)6-14(11)20-4/h5-6,9,16H,7-8H2,1-4H3. The molecule has 0 saturated carbocycles. The van der Waals surface area contributed by atoms with Gasteiger partial charge in [-0.25, -0.2) is 4.98 Å². The van der Waals surface area contributed by atoms with E-state index in [1.807, 2.05) is 24.6 Å². The number of ether oxygens (including phenoxy) is 2. The van der Waals surface area contributed by atoms with Crippen LogP contribution in [-0.4, -0.2) is 25.5 Å². The molecule has 1 aromatic carbocycles. The van der Waals surface area contributed by atoms with Gasteiger partial charge in [0, 0.05) is 22.9 Å². The van der Waals surface area contributed by atoms with E-state index in [9.17, 15) is 0 Å². The smallest absolute Gasteiger partial charge is 0.161 e. The lowest BCUT2D eigenvalue weighted by atomic mass is 10.2. The lowest BCUT2D eigenvalue weighted by Gasteiger charge is -2.14. The summed E-state index contributed by atoms with van der Waals surface area (Å²) in [5, 5.41) is 3.47. The molecule has 21 heavy (non-hydrogen) atoms. The van der Waals surface area contributed by atoms with Gasteiger partial charge in [-0.3, -0.25) is 0 Å². The van der Waals surface area contributed by atoms with Crippen molar-refractivity contribution in [2.24, 2.45) is 0 Å². The number of hydrogen-bond acceptors (Lipinski definition) is 6. The van der Waals surface area contributed by atoms with Crippen LogP contribution < -0.4 is 14.8 Å². The van der Waals surface area contributed by atoms with Gasteiger partial charge in [-0.1, -0.05) is 0 Å². The Morgan fingerprint density at radius 2 is 1.90 bits per heavy atom. The Morgan fingerprint density at radius 3 is 2.48 bits per heavy atom. The molecule has 1 aromatic heterocycles.